The van der Waals surface area contributed by atoms with E-state index in [1.54, 1.807) is 6.08 Å². The van der Waals surface area contributed by atoms with Crippen molar-refractivity contribution in [3.8, 4) is 0 Å². The van der Waals surface area contributed by atoms with Gasteiger partial charge in [0.05, 0.1) is 0 Å². The van der Waals surface area contributed by atoms with E-state index in [0.29, 0.717) is 12.8 Å². The quantitative estimate of drug-likeness (QED) is 0.478. The Hall–Kier alpha value is -1.01. The molecule has 0 unspecified atom stereocenters. The summed E-state index contributed by atoms with van der Waals surface area (Å²) in [5.41, 5.74) is 2.22. The summed E-state index contributed by atoms with van der Waals surface area (Å²) in [5, 5.41) is 0. The molecule has 0 fully saturated rings. The number of ether oxygens (including phenoxy) is 1. The molecule has 0 heterocycles. The third-order valence-electron chi connectivity index (χ3n) is 1.06. The van der Waals surface area contributed by atoms with E-state index < -0.39 is 0 Å². The van der Waals surface area contributed by atoms with Crippen LogP contribution in [0.15, 0.2) is 18.4 Å². The van der Waals surface area contributed by atoms with Crippen molar-refractivity contribution in [1.82, 2.24) is 0 Å². The van der Waals surface area contributed by atoms with Crippen molar-refractivity contribution < 1.29 is 9.53 Å². The molecule has 0 aromatic rings. The molecule has 0 aromatic carbocycles. The molecule has 0 aliphatic carbocycles. The standard InChI is InChI=1S/C10H16O2/c1-5-6-7-8-9(11)12-10(2,3)4/h6H,1,7-8H2,2-4H3. The van der Waals surface area contributed by atoms with Crippen LogP contribution in [0, 0.1) is 0 Å². The minimum atomic E-state index is -0.380. The fourth-order valence-corrected chi connectivity index (χ4v) is 0.685. The summed E-state index contributed by atoms with van der Waals surface area (Å²) in [6.07, 6.45) is 2.78. The molecule has 2 heteroatoms. The Morgan fingerprint density at radius 2 is 2.17 bits per heavy atom. The highest BCUT2D eigenvalue weighted by molar-refractivity contribution is 5.69. The van der Waals surface area contributed by atoms with Crippen molar-refractivity contribution >= 4 is 5.97 Å². The smallest absolute Gasteiger partial charge is 0.306 e. The van der Waals surface area contributed by atoms with Crippen molar-refractivity contribution in [2.45, 2.75) is 39.2 Å². The van der Waals surface area contributed by atoms with E-state index >= 15 is 0 Å². The molecule has 0 aliphatic heterocycles. The molecular formula is C10H16O2. The fraction of sp³-hybridized carbons (Fsp3) is 0.600. The average Bonchev–Trinajstić information content (AvgIpc) is 1.84. The van der Waals surface area contributed by atoms with E-state index in [2.05, 4.69) is 12.3 Å². The van der Waals surface area contributed by atoms with Gasteiger partial charge >= 0.3 is 5.97 Å². The van der Waals surface area contributed by atoms with Gasteiger partial charge in [0, 0.05) is 6.42 Å². The highest BCUT2D eigenvalue weighted by atomic mass is 16.6. The van der Waals surface area contributed by atoms with E-state index in [0.717, 1.165) is 0 Å². The summed E-state index contributed by atoms with van der Waals surface area (Å²) < 4.78 is 5.08. The van der Waals surface area contributed by atoms with Crippen LogP contribution in [0.25, 0.3) is 0 Å². The van der Waals surface area contributed by atoms with Gasteiger partial charge in [-0.15, -0.1) is 5.73 Å². The van der Waals surface area contributed by atoms with Crippen molar-refractivity contribution in [3.05, 3.63) is 18.4 Å². The number of carbonyl (C=O) groups is 1. The van der Waals surface area contributed by atoms with Crippen LogP contribution in [-0.4, -0.2) is 11.6 Å². The molecule has 12 heavy (non-hydrogen) atoms. The Labute approximate surface area is 73.9 Å². The second-order valence-corrected chi connectivity index (χ2v) is 3.53. The Kier molecular flexibility index (Phi) is 4.38. The van der Waals surface area contributed by atoms with Gasteiger partial charge in [0.15, 0.2) is 0 Å². The predicted molar refractivity (Wildman–Crippen MR) is 48.8 cm³/mol. The van der Waals surface area contributed by atoms with Crippen LogP contribution in [0.4, 0.5) is 0 Å². The highest BCUT2D eigenvalue weighted by Crippen LogP contribution is 2.08. The molecule has 0 bridgehead atoms. The first-order valence-electron chi connectivity index (χ1n) is 4.02. The normalized spacial score (nSPS) is 10.2. The number of hydrogen-bond acceptors (Lipinski definition) is 2. The maximum absolute atomic E-state index is 11.0. The maximum atomic E-state index is 11.0. The summed E-state index contributed by atoms with van der Waals surface area (Å²) >= 11 is 0. The van der Waals surface area contributed by atoms with Gasteiger partial charge in [-0.3, -0.25) is 4.79 Å². The molecule has 0 radical (unpaired) electrons. The van der Waals surface area contributed by atoms with E-state index in [1.807, 2.05) is 20.8 Å². The molecule has 0 atom stereocenters. The van der Waals surface area contributed by atoms with Crippen molar-refractivity contribution in [2.24, 2.45) is 0 Å². The van der Waals surface area contributed by atoms with E-state index in [9.17, 15) is 4.79 Å². The van der Waals surface area contributed by atoms with Gasteiger partial charge in [0.25, 0.3) is 0 Å². The lowest BCUT2D eigenvalue weighted by atomic mass is 10.2. The van der Waals surface area contributed by atoms with Gasteiger partial charge < -0.3 is 4.74 Å². The number of hydrogen-bond donors (Lipinski definition) is 0. The second-order valence-electron chi connectivity index (χ2n) is 3.53. The van der Waals surface area contributed by atoms with E-state index in [4.69, 9.17) is 4.74 Å². The second kappa shape index (κ2) is 4.78. The van der Waals surface area contributed by atoms with Crippen LogP contribution >= 0.6 is 0 Å². The topological polar surface area (TPSA) is 26.3 Å². The molecule has 0 amide bonds. The molecule has 0 spiro atoms. The average molecular weight is 168 g/mol. The van der Waals surface area contributed by atoms with Gasteiger partial charge in [0.1, 0.15) is 5.60 Å². The lowest BCUT2D eigenvalue weighted by Crippen LogP contribution is -2.23. The lowest BCUT2D eigenvalue weighted by molar-refractivity contribution is -0.154. The Morgan fingerprint density at radius 3 is 2.58 bits per heavy atom. The van der Waals surface area contributed by atoms with Crippen LogP contribution < -0.4 is 0 Å². The fourth-order valence-electron chi connectivity index (χ4n) is 0.685. The lowest BCUT2D eigenvalue weighted by Gasteiger charge is -2.18. The number of rotatable bonds is 3. The summed E-state index contributed by atoms with van der Waals surface area (Å²) in [6.45, 7) is 8.97. The molecule has 0 N–H and O–H groups in total. The molecule has 0 aliphatic rings. The van der Waals surface area contributed by atoms with Crippen molar-refractivity contribution in [1.29, 1.82) is 0 Å². The van der Waals surface area contributed by atoms with E-state index in [1.165, 1.54) is 0 Å². The van der Waals surface area contributed by atoms with Gasteiger partial charge in [-0.2, -0.15) is 0 Å². The van der Waals surface area contributed by atoms with Crippen LogP contribution in [0.1, 0.15) is 33.6 Å². The Morgan fingerprint density at radius 1 is 1.58 bits per heavy atom. The largest absolute Gasteiger partial charge is 0.460 e. The molecule has 0 saturated heterocycles. The molecular weight excluding hydrogens is 152 g/mol. The maximum Gasteiger partial charge on any atom is 0.306 e. The van der Waals surface area contributed by atoms with Crippen molar-refractivity contribution in [2.75, 3.05) is 0 Å². The first kappa shape index (κ1) is 11.0. The molecule has 0 saturated carbocycles. The van der Waals surface area contributed by atoms with E-state index in [-0.39, 0.29) is 11.6 Å². The zero-order valence-corrected chi connectivity index (χ0v) is 8.02. The van der Waals surface area contributed by atoms with Gasteiger partial charge in [-0.1, -0.05) is 6.58 Å². The number of esters is 1. The first-order valence-corrected chi connectivity index (χ1v) is 4.02. The number of carbonyl (C=O) groups excluding carboxylic acids is 1. The third kappa shape index (κ3) is 7.10. The van der Waals surface area contributed by atoms with Gasteiger partial charge in [-0.25, -0.2) is 0 Å². The summed E-state index contributed by atoms with van der Waals surface area (Å²) in [4.78, 5) is 11.0. The predicted octanol–water partition coefficient (Wildman–Crippen LogP) is 2.45. The number of allylic oxidation sites excluding steroid dienone is 1. The van der Waals surface area contributed by atoms with Crippen LogP contribution in [-0.2, 0) is 9.53 Å². The van der Waals surface area contributed by atoms with Crippen molar-refractivity contribution in [3.63, 3.8) is 0 Å². The minimum absolute atomic E-state index is 0.172. The summed E-state index contributed by atoms with van der Waals surface area (Å²) in [6, 6.07) is 0. The van der Waals surface area contributed by atoms with Gasteiger partial charge in [0.2, 0.25) is 0 Å². The molecule has 0 aromatic heterocycles. The third-order valence-corrected chi connectivity index (χ3v) is 1.06. The monoisotopic (exact) mass is 168 g/mol. The van der Waals surface area contributed by atoms with Crippen LogP contribution in [0.3, 0.4) is 0 Å². The Balaban J connectivity index is 3.68. The minimum Gasteiger partial charge on any atom is -0.460 e. The molecule has 68 valence electrons. The zero-order chi connectivity index (χ0) is 9.61. The van der Waals surface area contributed by atoms with Crippen LogP contribution in [0.5, 0.6) is 0 Å². The van der Waals surface area contributed by atoms with Crippen LogP contribution in [0.2, 0.25) is 0 Å². The Bertz CT molecular complexity index is 192. The molecule has 2 nitrogen and oxygen atoms in total. The summed E-state index contributed by atoms with van der Waals surface area (Å²) in [5.74, 6) is -0.172. The summed E-state index contributed by atoms with van der Waals surface area (Å²) in [7, 11) is 0. The highest BCUT2D eigenvalue weighted by Gasteiger charge is 2.14. The first-order chi connectivity index (χ1) is 5.45. The van der Waals surface area contributed by atoms with Gasteiger partial charge in [-0.05, 0) is 33.3 Å². The zero-order valence-electron chi connectivity index (χ0n) is 8.02. The molecule has 0 rings (SSSR count). The SMILES string of the molecule is C=C=CCCC(=O)OC(C)(C)C.